The lowest BCUT2D eigenvalue weighted by molar-refractivity contribution is -0.0742. The number of hydrogen-bond donors (Lipinski definition) is 0. The number of rotatable bonds is 4. The van der Waals surface area contributed by atoms with Crippen molar-refractivity contribution in [3.63, 3.8) is 0 Å². The molecule has 4 saturated carbocycles. The first kappa shape index (κ1) is 15.8. The molecule has 126 valence electrons. The highest BCUT2D eigenvalue weighted by Crippen LogP contribution is 2.58. The Bertz CT molecular complexity index is 663. The van der Waals surface area contributed by atoms with Crippen LogP contribution in [0.25, 0.3) is 0 Å². The molecule has 5 nitrogen and oxygen atoms in total. The Balaban J connectivity index is 1.68. The Kier molecular flexibility index (Phi) is 3.96. The van der Waals surface area contributed by atoms with Crippen LogP contribution in [-0.2, 0) is 0 Å². The number of carbonyl (C=O) groups excluding carboxylic acids is 1. The molecular weight excluding hydrogens is 324 g/mol. The van der Waals surface area contributed by atoms with E-state index in [1.807, 2.05) is 4.90 Å². The van der Waals surface area contributed by atoms with Gasteiger partial charge in [0.1, 0.15) is 12.0 Å². The minimum atomic E-state index is -0.139. The fourth-order valence-corrected chi connectivity index (χ4v) is 5.90. The normalized spacial score (nSPS) is 33.2. The van der Waals surface area contributed by atoms with Crippen LogP contribution >= 0.6 is 11.6 Å². The molecule has 0 aliphatic heterocycles. The van der Waals surface area contributed by atoms with Crippen LogP contribution in [0.3, 0.4) is 0 Å². The first-order chi connectivity index (χ1) is 11.6. The van der Waals surface area contributed by atoms with Crippen LogP contribution in [0.2, 0.25) is 5.02 Å². The molecule has 4 aliphatic rings. The molecule has 1 amide bonds. The van der Waals surface area contributed by atoms with Gasteiger partial charge in [-0.25, -0.2) is 9.97 Å². The molecule has 0 unspecified atom stereocenters. The zero-order chi connectivity index (χ0) is 16.7. The Morgan fingerprint density at radius 1 is 1.29 bits per heavy atom. The maximum atomic E-state index is 13.2. The number of nitrogens with zero attached hydrogens (tertiary/aromatic N) is 4. The molecule has 1 aromatic rings. The predicted octanol–water partition coefficient (Wildman–Crippen LogP) is 3.45. The second-order valence-corrected chi connectivity index (χ2v) is 8.13. The fraction of sp³-hybridized carbons (Fsp3) is 0.667. The second kappa shape index (κ2) is 6.00. The van der Waals surface area contributed by atoms with Gasteiger partial charge in [-0.1, -0.05) is 11.6 Å². The van der Waals surface area contributed by atoms with Crippen LogP contribution in [0, 0.1) is 29.1 Å². The molecule has 4 bridgehead atoms. The van der Waals surface area contributed by atoms with Crippen LogP contribution in [0.1, 0.15) is 55.4 Å². The minimum absolute atomic E-state index is 0.100. The highest BCUT2D eigenvalue weighted by Gasteiger charge is 2.54. The largest absolute Gasteiger partial charge is 0.331 e. The zero-order valence-electron chi connectivity index (χ0n) is 13.6. The van der Waals surface area contributed by atoms with Crippen LogP contribution in [0.4, 0.5) is 0 Å². The lowest BCUT2D eigenvalue weighted by atomic mass is 9.52. The molecule has 6 heteroatoms. The third kappa shape index (κ3) is 2.57. The monoisotopic (exact) mass is 344 g/mol. The molecule has 0 saturated heterocycles. The maximum absolute atomic E-state index is 13.2. The number of halogens is 1. The highest BCUT2D eigenvalue weighted by molar-refractivity contribution is 6.33. The van der Waals surface area contributed by atoms with Gasteiger partial charge in [-0.05, 0) is 56.3 Å². The summed E-state index contributed by atoms with van der Waals surface area (Å²) in [5, 5.41) is 9.35. The lowest BCUT2D eigenvalue weighted by Crippen LogP contribution is -2.61. The molecule has 5 rings (SSSR count). The second-order valence-electron chi connectivity index (χ2n) is 7.73. The molecule has 1 aromatic heterocycles. The lowest BCUT2D eigenvalue weighted by Gasteiger charge is -2.60. The van der Waals surface area contributed by atoms with Gasteiger partial charge >= 0.3 is 0 Å². The number of carbonyl (C=O) groups is 1. The Morgan fingerprint density at radius 2 is 1.92 bits per heavy atom. The van der Waals surface area contributed by atoms with Crippen molar-refractivity contribution in [1.82, 2.24) is 14.9 Å². The Labute approximate surface area is 147 Å². The van der Waals surface area contributed by atoms with Gasteiger partial charge in [-0.15, -0.1) is 0 Å². The van der Waals surface area contributed by atoms with E-state index in [2.05, 4.69) is 16.0 Å². The molecule has 0 spiro atoms. The van der Waals surface area contributed by atoms with Gasteiger partial charge in [-0.2, -0.15) is 5.26 Å². The molecule has 0 N–H and O–H groups in total. The van der Waals surface area contributed by atoms with E-state index in [1.165, 1.54) is 31.8 Å². The Hall–Kier alpha value is -1.67. The predicted molar refractivity (Wildman–Crippen MR) is 89.2 cm³/mol. The van der Waals surface area contributed by atoms with E-state index in [4.69, 9.17) is 16.9 Å². The van der Waals surface area contributed by atoms with Crippen molar-refractivity contribution in [3.8, 4) is 6.07 Å². The molecular formula is C18H21ClN4O. The van der Waals surface area contributed by atoms with Gasteiger partial charge in [0.05, 0.1) is 17.5 Å². The minimum Gasteiger partial charge on any atom is -0.331 e. The summed E-state index contributed by atoms with van der Waals surface area (Å²) >= 11 is 6.17. The van der Waals surface area contributed by atoms with Crippen molar-refractivity contribution < 1.29 is 4.79 Å². The maximum Gasteiger partial charge on any atom is 0.274 e. The van der Waals surface area contributed by atoms with Gasteiger partial charge in [0.15, 0.2) is 0 Å². The van der Waals surface area contributed by atoms with Crippen molar-refractivity contribution in [1.29, 1.82) is 5.26 Å². The van der Waals surface area contributed by atoms with Crippen molar-refractivity contribution in [3.05, 3.63) is 23.2 Å². The van der Waals surface area contributed by atoms with E-state index in [0.717, 1.165) is 37.0 Å². The zero-order valence-corrected chi connectivity index (χ0v) is 14.4. The van der Waals surface area contributed by atoms with Gasteiger partial charge in [0, 0.05) is 18.3 Å². The first-order valence-electron chi connectivity index (χ1n) is 8.76. The van der Waals surface area contributed by atoms with Crippen molar-refractivity contribution in [2.75, 3.05) is 6.54 Å². The number of nitriles is 1. The molecule has 0 radical (unpaired) electrons. The molecule has 24 heavy (non-hydrogen) atoms. The van der Waals surface area contributed by atoms with Crippen LogP contribution < -0.4 is 0 Å². The van der Waals surface area contributed by atoms with Gasteiger partial charge in [0.2, 0.25) is 0 Å². The standard InChI is InChI=1S/C18H21ClN4O/c19-15-10-21-11-22-16(15)17(24)23(3-1-2-20)18-7-12-4-13(8-18)6-14(5-12)9-18/h10-14H,1,3-9H2. The average molecular weight is 345 g/mol. The Morgan fingerprint density at radius 3 is 2.46 bits per heavy atom. The molecule has 0 aromatic carbocycles. The molecule has 1 heterocycles. The average Bonchev–Trinajstić information content (AvgIpc) is 2.54. The first-order valence-corrected chi connectivity index (χ1v) is 9.13. The highest BCUT2D eigenvalue weighted by atomic mass is 35.5. The molecule has 4 aliphatic carbocycles. The molecule has 4 fully saturated rings. The van der Waals surface area contributed by atoms with Crippen LogP contribution in [-0.4, -0.2) is 32.9 Å². The summed E-state index contributed by atoms with van der Waals surface area (Å²) in [6, 6.07) is 2.19. The quantitative estimate of drug-likeness (QED) is 0.838. The third-order valence-electron chi connectivity index (χ3n) is 6.14. The fourth-order valence-electron chi connectivity index (χ4n) is 5.71. The summed E-state index contributed by atoms with van der Waals surface area (Å²) in [6.07, 6.45) is 10.3. The van der Waals surface area contributed by atoms with E-state index in [0.29, 0.717) is 13.0 Å². The number of amides is 1. The summed E-state index contributed by atoms with van der Waals surface area (Å²) in [6.45, 7) is 0.460. The molecule has 0 atom stereocenters. The number of hydrogen-bond acceptors (Lipinski definition) is 4. The van der Waals surface area contributed by atoms with Crippen LogP contribution in [0.5, 0.6) is 0 Å². The summed E-state index contributed by atoms with van der Waals surface area (Å²) in [4.78, 5) is 23.2. The summed E-state index contributed by atoms with van der Waals surface area (Å²) in [5.74, 6) is 2.05. The third-order valence-corrected chi connectivity index (χ3v) is 6.42. The van der Waals surface area contributed by atoms with Gasteiger partial charge < -0.3 is 4.90 Å². The van der Waals surface area contributed by atoms with Crippen molar-refractivity contribution >= 4 is 17.5 Å². The van der Waals surface area contributed by atoms with E-state index in [9.17, 15) is 4.79 Å². The summed E-state index contributed by atoms with van der Waals surface area (Å²) in [7, 11) is 0. The van der Waals surface area contributed by atoms with E-state index in [-0.39, 0.29) is 22.2 Å². The van der Waals surface area contributed by atoms with Crippen LogP contribution in [0.15, 0.2) is 12.5 Å². The SMILES string of the molecule is N#CCCN(C(=O)c1ncncc1Cl)C12CC3CC(CC(C3)C1)C2. The van der Waals surface area contributed by atoms with E-state index >= 15 is 0 Å². The number of aromatic nitrogens is 2. The van der Waals surface area contributed by atoms with Gasteiger partial charge in [0.25, 0.3) is 5.91 Å². The van der Waals surface area contributed by atoms with Crippen molar-refractivity contribution in [2.24, 2.45) is 17.8 Å². The van der Waals surface area contributed by atoms with E-state index in [1.54, 1.807) is 0 Å². The van der Waals surface area contributed by atoms with E-state index < -0.39 is 0 Å². The smallest absolute Gasteiger partial charge is 0.274 e. The summed E-state index contributed by atoms with van der Waals surface area (Å²) in [5.41, 5.74) is 0.164. The topological polar surface area (TPSA) is 69.9 Å². The van der Waals surface area contributed by atoms with Gasteiger partial charge in [-0.3, -0.25) is 4.79 Å². The summed E-state index contributed by atoms with van der Waals surface area (Å²) < 4.78 is 0. The van der Waals surface area contributed by atoms with Crippen molar-refractivity contribution in [2.45, 2.75) is 50.5 Å².